The van der Waals surface area contributed by atoms with Crippen molar-refractivity contribution in [1.29, 1.82) is 0 Å². The van der Waals surface area contributed by atoms with Crippen molar-refractivity contribution in [3.8, 4) is 5.69 Å². The highest BCUT2D eigenvalue weighted by Gasteiger charge is 2.52. The van der Waals surface area contributed by atoms with Gasteiger partial charge in [-0.25, -0.2) is 4.68 Å². The minimum absolute atomic E-state index is 0.292. The molecule has 6 rings (SSSR count). The van der Waals surface area contributed by atoms with Gasteiger partial charge in [0, 0.05) is 45.8 Å². The number of aromatic nitrogens is 4. The van der Waals surface area contributed by atoms with Gasteiger partial charge >= 0.3 is 12.4 Å². The Morgan fingerprint density at radius 3 is 1.93 bits per heavy atom. The summed E-state index contributed by atoms with van der Waals surface area (Å²) in [4.78, 5) is 11.5. The lowest BCUT2D eigenvalue weighted by Crippen LogP contribution is -2.39. The average Bonchev–Trinajstić information content (AvgIpc) is 3.64. The van der Waals surface area contributed by atoms with Crippen LogP contribution in [-0.2, 0) is 17.7 Å². The van der Waals surface area contributed by atoms with Crippen LogP contribution in [0.15, 0.2) is 101 Å². The largest absolute Gasteiger partial charge is 0.421 e. The molecule has 0 aliphatic carbocycles. The van der Waals surface area contributed by atoms with Crippen LogP contribution in [0.2, 0.25) is 0 Å². The molecule has 0 amide bonds. The zero-order valence-electron chi connectivity index (χ0n) is 23.7. The second kappa shape index (κ2) is 13.1. The summed E-state index contributed by atoms with van der Waals surface area (Å²) in [6, 6.07) is 18.0. The Kier molecular flexibility index (Phi) is 9.80. The molecule has 2 unspecified atom stereocenters. The van der Waals surface area contributed by atoms with Gasteiger partial charge in [0.2, 0.25) is 0 Å². The van der Waals surface area contributed by atoms with E-state index in [0.717, 1.165) is 29.8 Å². The number of hydrogen-bond donors (Lipinski definition) is 2. The van der Waals surface area contributed by atoms with Crippen LogP contribution in [0.5, 0.6) is 0 Å². The van der Waals surface area contributed by atoms with Crippen LogP contribution in [0.25, 0.3) is 16.6 Å². The zero-order valence-corrected chi connectivity index (χ0v) is 25.3. The molecule has 2 N–H and O–H groups in total. The molecule has 236 valence electrons. The number of nitrogens with zero attached hydrogens (tertiary/aromatic N) is 5. The summed E-state index contributed by atoms with van der Waals surface area (Å²) < 4.78 is 77.8. The molecule has 0 radical (unpaired) electrons. The summed E-state index contributed by atoms with van der Waals surface area (Å²) >= 11 is 2.98. The van der Waals surface area contributed by atoms with E-state index >= 15 is 0 Å². The third kappa shape index (κ3) is 7.57. The van der Waals surface area contributed by atoms with Crippen molar-refractivity contribution in [2.75, 3.05) is 0 Å². The number of alkyl halides is 6. The first kappa shape index (κ1) is 33.7. The van der Waals surface area contributed by atoms with Gasteiger partial charge in [-0.3, -0.25) is 15.0 Å². The van der Waals surface area contributed by atoms with Crippen LogP contribution in [0, 0.1) is 0 Å². The zero-order chi connectivity index (χ0) is 33.0. The van der Waals surface area contributed by atoms with E-state index in [1.807, 2.05) is 36.5 Å². The molecule has 45 heavy (non-hydrogen) atoms. The molecule has 2 aromatic carbocycles. The predicted molar refractivity (Wildman–Crippen MR) is 160 cm³/mol. The maximum Gasteiger partial charge on any atom is 0.421 e. The van der Waals surface area contributed by atoms with E-state index in [9.17, 15) is 36.6 Å². The highest BCUT2D eigenvalue weighted by atomic mass is 79.9. The number of para-hydroxylation sites is 1. The number of fused-ring (bicyclic) bond motifs is 2. The van der Waals surface area contributed by atoms with Gasteiger partial charge in [0.05, 0.1) is 30.1 Å². The minimum atomic E-state index is -4.79. The first-order chi connectivity index (χ1) is 21.0. The summed E-state index contributed by atoms with van der Waals surface area (Å²) in [6.45, 7) is 2.27. The smallest absolute Gasteiger partial charge is 0.376 e. The maximum atomic E-state index is 12.9. The van der Waals surface area contributed by atoms with Crippen molar-refractivity contribution in [3.63, 3.8) is 0 Å². The summed E-state index contributed by atoms with van der Waals surface area (Å²) in [5.74, 6) is 0. The van der Waals surface area contributed by atoms with Crippen molar-refractivity contribution >= 4 is 33.0 Å². The maximum absolute atomic E-state index is 12.9. The highest BCUT2D eigenvalue weighted by Crippen LogP contribution is 2.39. The normalized spacial score (nSPS) is 15.2. The Morgan fingerprint density at radius 1 is 0.733 bits per heavy atom. The number of aliphatic imine (C=N–C) groups is 1. The molecule has 1 aliphatic rings. The second-order valence-corrected chi connectivity index (χ2v) is 11.2. The molecule has 7 nitrogen and oxygen atoms in total. The van der Waals surface area contributed by atoms with Crippen molar-refractivity contribution in [2.45, 2.75) is 43.9 Å². The van der Waals surface area contributed by atoms with Crippen LogP contribution in [0.4, 0.5) is 26.3 Å². The van der Waals surface area contributed by atoms with E-state index in [-0.39, 0.29) is 11.1 Å². The molecule has 1 aliphatic heterocycles. The SMILES string of the molecule is C1=NCc2ccccc21.CC(O)(c1cncc(-n2ncc3ccccc32)c1)C(F)(F)F.CC(O)(c1cncc(Br)c1)C(F)(F)F. The van der Waals surface area contributed by atoms with Crippen LogP contribution in [0.1, 0.15) is 36.1 Å². The molecule has 2 atom stereocenters. The quantitative estimate of drug-likeness (QED) is 0.192. The lowest BCUT2D eigenvalue weighted by molar-refractivity contribution is -0.259. The lowest BCUT2D eigenvalue weighted by atomic mass is 9.97. The van der Waals surface area contributed by atoms with E-state index in [4.69, 9.17) is 0 Å². The monoisotopic (exact) mass is 693 g/mol. The molecule has 3 aromatic heterocycles. The number of rotatable bonds is 3. The van der Waals surface area contributed by atoms with E-state index in [1.165, 1.54) is 40.3 Å². The van der Waals surface area contributed by atoms with Crippen LogP contribution < -0.4 is 0 Å². The van der Waals surface area contributed by atoms with Crippen LogP contribution in [-0.4, -0.2) is 48.5 Å². The Morgan fingerprint density at radius 2 is 1.31 bits per heavy atom. The summed E-state index contributed by atoms with van der Waals surface area (Å²) in [7, 11) is 0. The van der Waals surface area contributed by atoms with Crippen LogP contribution in [0.3, 0.4) is 0 Å². The molecule has 0 bridgehead atoms. The van der Waals surface area contributed by atoms with E-state index < -0.39 is 23.6 Å². The second-order valence-electron chi connectivity index (χ2n) is 10.2. The van der Waals surface area contributed by atoms with Gasteiger partial charge in [0.1, 0.15) is 0 Å². The summed E-state index contributed by atoms with van der Waals surface area (Å²) in [6.07, 6.45) is -1.24. The summed E-state index contributed by atoms with van der Waals surface area (Å²) in [5, 5.41) is 24.0. The molecule has 0 fully saturated rings. The van der Waals surface area contributed by atoms with Gasteiger partial charge in [-0.2, -0.15) is 31.4 Å². The van der Waals surface area contributed by atoms with Gasteiger partial charge < -0.3 is 10.2 Å². The fraction of sp³-hybridized carbons (Fsp3) is 0.226. The predicted octanol–water partition coefficient (Wildman–Crippen LogP) is 7.42. The first-order valence-corrected chi connectivity index (χ1v) is 14.0. The molecule has 0 saturated heterocycles. The fourth-order valence-electron chi connectivity index (χ4n) is 4.04. The first-order valence-electron chi connectivity index (χ1n) is 13.2. The molecule has 0 saturated carbocycles. The molecule has 4 heterocycles. The van der Waals surface area contributed by atoms with Crippen LogP contribution >= 0.6 is 15.9 Å². The van der Waals surface area contributed by atoms with Crippen molar-refractivity contribution in [1.82, 2.24) is 19.7 Å². The molecule has 5 aromatic rings. The Bertz CT molecular complexity index is 1800. The number of halogens is 7. The number of benzene rings is 2. The standard InChI is InChI=1S/C15H12F3N3O.C8H7BrF3NO.C8H7N/c1-14(22,15(16,17)18)11-6-12(9-19-8-11)21-13-5-3-2-4-10(13)7-20-21;1-7(14,8(10,11)12)5-2-6(9)4-13-3-5;1-2-4-8-6-9-5-7(8)3-1/h2-9,22H,1H3;2-4,14H,1H3;1-5H,6H2. The van der Waals surface area contributed by atoms with E-state index in [1.54, 1.807) is 12.3 Å². The van der Waals surface area contributed by atoms with Crippen molar-refractivity contribution in [3.05, 3.63) is 118 Å². The molecular weight excluding hydrogens is 668 g/mol. The van der Waals surface area contributed by atoms with E-state index in [2.05, 4.69) is 48.1 Å². The average molecular weight is 694 g/mol. The third-order valence-electron chi connectivity index (χ3n) is 6.93. The van der Waals surface area contributed by atoms with Crippen molar-refractivity contribution in [2.24, 2.45) is 4.99 Å². The van der Waals surface area contributed by atoms with Crippen molar-refractivity contribution < 1.29 is 36.6 Å². The number of aliphatic hydroxyl groups is 2. The Hall–Kier alpha value is -4.14. The number of hydrogen-bond acceptors (Lipinski definition) is 6. The molecular formula is C31H26BrF6N5O2. The van der Waals surface area contributed by atoms with Gasteiger partial charge in [-0.15, -0.1) is 0 Å². The fourth-order valence-corrected chi connectivity index (χ4v) is 4.40. The lowest BCUT2D eigenvalue weighted by Gasteiger charge is -2.26. The highest BCUT2D eigenvalue weighted by molar-refractivity contribution is 9.10. The Balaban J connectivity index is 0.000000170. The molecule has 0 spiro atoms. The Labute approximate surface area is 262 Å². The third-order valence-corrected chi connectivity index (χ3v) is 7.36. The van der Waals surface area contributed by atoms with Gasteiger partial charge in [-0.1, -0.05) is 42.5 Å². The van der Waals surface area contributed by atoms with Gasteiger partial charge in [-0.05, 0) is 59.1 Å². The summed E-state index contributed by atoms with van der Waals surface area (Å²) in [5.41, 5.74) is -2.76. The van der Waals surface area contributed by atoms with Gasteiger partial charge in [0.25, 0.3) is 0 Å². The minimum Gasteiger partial charge on any atom is -0.376 e. The topological polar surface area (TPSA) is 96.4 Å². The molecule has 14 heteroatoms. The number of pyridine rings is 2. The van der Waals surface area contributed by atoms with E-state index in [0.29, 0.717) is 24.0 Å². The van der Waals surface area contributed by atoms with Gasteiger partial charge in [0.15, 0.2) is 11.2 Å².